The number of nitrogens with zero attached hydrogens (tertiary/aromatic N) is 3. The van der Waals surface area contributed by atoms with Gasteiger partial charge in [-0.05, 0) is 32.1 Å². The Balaban J connectivity index is 0.00000132. The van der Waals surface area contributed by atoms with Crippen LogP contribution in [-0.4, -0.2) is 52.4 Å². The first kappa shape index (κ1) is 19.9. The molecule has 3 rings (SSSR count). The van der Waals surface area contributed by atoms with Gasteiger partial charge in [0.15, 0.2) is 5.76 Å². The molecule has 2 aromatic heterocycles. The second kappa shape index (κ2) is 8.61. The largest absolute Gasteiger partial charge is 0.387 e. The van der Waals surface area contributed by atoms with Crippen LogP contribution in [0.25, 0.3) is 11.3 Å². The number of hydrogen-bond acceptors (Lipinski definition) is 6. The van der Waals surface area contributed by atoms with Gasteiger partial charge >= 0.3 is 0 Å². The smallest absolute Gasteiger partial charge is 0.151 e. The minimum Gasteiger partial charge on any atom is -0.387 e. The van der Waals surface area contributed by atoms with Gasteiger partial charge in [0.25, 0.3) is 0 Å². The Labute approximate surface area is 148 Å². The minimum absolute atomic E-state index is 0. The highest BCUT2D eigenvalue weighted by Gasteiger charge is 2.32. The molecule has 0 spiro atoms. The summed E-state index contributed by atoms with van der Waals surface area (Å²) in [5, 5.41) is 17.6. The fraction of sp³-hybridized carbons (Fsp3) is 0.467. The summed E-state index contributed by atoms with van der Waals surface area (Å²) in [6.45, 7) is 2.75. The third-order valence-electron chi connectivity index (χ3n) is 3.73. The molecule has 0 amide bonds. The predicted octanol–water partition coefficient (Wildman–Crippen LogP) is 1.74. The molecule has 1 saturated heterocycles. The van der Waals surface area contributed by atoms with Crippen LogP contribution in [0, 0.1) is 0 Å². The van der Waals surface area contributed by atoms with Crippen molar-refractivity contribution in [2.24, 2.45) is 0 Å². The van der Waals surface area contributed by atoms with Crippen molar-refractivity contribution >= 4 is 24.8 Å². The van der Waals surface area contributed by atoms with E-state index in [0.717, 1.165) is 30.0 Å². The summed E-state index contributed by atoms with van der Waals surface area (Å²) in [5.41, 5.74) is 1.09. The van der Waals surface area contributed by atoms with Gasteiger partial charge < -0.3 is 14.9 Å². The SMILES string of the molecule is CN(Cc1cc(-c2cccnc2)no1)CC1(O)CCNC1.Cl.Cl. The molecule has 1 atom stereocenters. The summed E-state index contributed by atoms with van der Waals surface area (Å²) < 4.78 is 5.37. The van der Waals surface area contributed by atoms with Gasteiger partial charge in [0.2, 0.25) is 0 Å². The van der Waals surface area contributed by atoms with E-state index in [1.807, 2.05) is 25.2 Å². The van der Waals surface area contributed by atoms with Crippen LogP contribution in [0.4, 0.5) is 0 Å². The third-order valence-corrected chi connectivity index (χ3v) is 3.73. The highest BCUT2D eigenvalue weighted by atomic mass is 35.5. The molecule has 0 aromatic carbocycles. The number of halogens is 2. The van der Waals surface area contributed by atoms with E-state index in [-0.39, 0.29) is 24.8 Å². The van der Waals surface area contributed by atoms with Gasteiger partial charge in [-0.2, -0.15) is 0 Å². The standard InChI is InChI=1S/C15H20N4O2.2ClH/c1-19(11-15(20)4-6-17-10-15)9-13-7-14(18-21-13)12-3-2-5-16-8-12;;/h2-3,5,7-8,17,20H,4,6,9-11H2,1H3;2*1H. The number of aliphatic hydroxyl groups is 1. The summed E-state index contributed by atoms with van der Waals surface area (Å²) in [7, 11) is 1.97. The monoisotopic (exact) mass is 360 g/mol. The summed E-state index contributed by atoms with van der Waals surface area (Å²) in [6, 6.07) is 5.74. The normalized spacial score (nSPS) is 20.1. The first-order chi connectivity index (χ1) is 10.1. The number of aromatic nitrogens is 2. The number of pyridine rings is 1. The van der Waals surface area contributed by atoms with Crippen molar-refractivity contribution in [3.8, 4) is 11.3 Å². The number of rotatable bonds is 5. The van der Waals surface area contributed by atoms with Gasteiger partial charge in [-0.25, -0.2) is 0 Å². The van der Waals surface area contributed by atoms with Gasteiger partial charge in [-0.1, -0.05) is 5.16 Å². The Morgan fingerprint density at radius 3 is 2.91 bits per heavy atom. The lowest BCUT2D eigenvalue weighted by atomic mass is 10.0. The molecule has 128 valence electrons. The zero-order chi connectivity index (χ0) is 14.7. The van der Waals surface area contributed by atoms with Crippen LogP contribution in [0.1, 0.15) is 12.2 Å². The van der Waals surface area contributed by atoms with Crippen molar-refractivity contribution in [3.05, 3.63) is 36.4 Å². The minimum atomic E-state index is -0.638. The molecule has 0 radical (unpaired) electrons. The molecule has 8 heteroatoms. The summed E-state index contributed by atoms with van der Waals surface area (Å²) >= 11 is 0. The summed E-state index contributed by atoms with van der Waals surface area (Å²) in [4.78, 5) is 6.13. The molecule has 2 N–H and O–H groups in total. The zero-order valence-corrected chi connectivity index (χ0v) is 14.6. The van der Waals surface area contributed by atoms with E-state index in [1.165, 1.54) is 0 Å². The van der Waals surface area contributed by atoms with E-state index in [4.69, 9.17) is 4.52 Å². The second-order valence-corrected chi connectivity index (χ2v) is 5.74. The van der Waals surface area contributed by atoms with Gasteiger partial charge in [0.1, 0.15) is 5.69 Å². The van der Waals surface area contributed by atoms with Gasteiger partial charge in [0, 0.05) is 37.1 Å². The third kappa shape index (κ3) is 5.16. The molecule has 2 aromatic rings. The molecule has 3 heterocycles. The van der Waals surface area contributed by atoms with Crippen LogP contribution in [0.5, 0.6) is 0 Å². The lowest BCUT2D eigenvalue weighted by Gasteiger charge is -2.27. The lowest BCUT2D eigenvalue weighted by Crippen LogP contribution is -2.42. The van der Waals surface area contributed by atoms with E-state index in [1.54, 1.807) is 12.4 Å². The van der Waals surface area contributed by atoms with Crippen molar-refractivity contribution in [2.45, 2.75) is 18.6 Å². The van der Waals surface area contributed by atoms with Gasteiger partial charge in [-0.15, -0.1) is 24.8 Å². The predicted molar refractivity (Wildman–Crippen MR) is 93.0 cm³/mol. The maximum atomic E-state index is 10.4. The van der Waals surface area contributed by atoms with E-state index in [2.05, 4.69) is 20.4 Å². The van der Waals surface area contributed by atoms with Crippen molar-refractivity contribution in [3.63, 3.8) is 0 Å². The molecule has 0 aliphatic carbocycles. The molecule has 1 aliphatic heterocycles. The van der Waals surface area contributed by atoms with Gasteiger partial charge in [0.05, 0.1) is 12.1 Å². The van der Waals surface area contributed by atoms with E-state index >= 15 is 0 Å². The maximum Gasteiger partial charge on any atom is 0.151 e. The number of hydrogen-bond donors (Lipinski definition) is 2. The number of nitrogens with one attached hydrogen (secondary N) is 1. The molecule has 0 bridgehead atoms. The molecular formula is C15H22Cl2N4O2. The summed E-state index contributed by atoms with van der Waals surface area (Å²) in [6.07, 6.45) is 4.28. The Bertz CT molecular complexity index is 588. The molecule has 1 unspecified atom stereocenters. The highest BCUT2D eigenvalue weighted by molar-refractivity contribution is 5.85. The van der Waals surface area contributed by atoms with Crippen LogP contribution in [-0.2, 0) is 6.54 Å². The quantitative estimate of drug-likeness (QED) is 0.845. The molecule has 6 nitrogen and oxygen atoms in total. The van der Waals surface area contributed by atoms with Crippen LogP contribution in [0.3, 0.4) is 0 Å². The van der Waals surface area contributed by atoms with Gasteiger partial charge in [-0.3, -0.25) is 9.88 Å². The fourth-order valence-corrected chi connectivity index (χ4v) is 2.73. The lowest BCUT2D eigenvalue weighted by molar-refractivity contribution is 0.0244. The first-order valence-electron chi connectivity index (χ1n) is 7.12. The number of likely N-dealkylation sites (N-methyl/N-ethyl adjacent to an activating group) is 1. The molecular weight excluding hydrogens is 339 g/mol. The van der Waals surface area contributed by atoms with Crippen LogP contribution in [0.2, 0.25) is 0 Å². The van der Waals surface area contributed by atoms with Crippen LogP contribution >= 0.6 is 24.8 Å². The number of β-amino-alcohol motifs (C(OH)–C–C–N with tert-alkyl or cyclic N) is 1. The van der Waals surface area contributed by atoms with Crippen LogP contribution in [0.15, 0.2) is 35.1 Å². The fourth-order valence-electron chi connectivity index (χ4n) is 2.73. The molecule has 1 aliphatic rings. The van der Waals surface area contributed by atoms with E-state index < -0.39 is 5.60 Å². The van der Waals surface area contributed by atoms with E-state index in [9.17, 15) is 5.11 Å². The van der Waals surface area contributed by atoms with Crippen molar-refractivity contribution in [1.29, 1.82) is 0 Å². The second-order valence-electron chi connectivity index (χ2n) is 5.74. The average Bonchev–Trinajstić information content (AvgIpc) is 3.09. The van der Waals surface area contributed by atoms with Crippen molar-refractivity contribution < 1.29 is 9.63 Å². The Hall–Kier alpha value is -1.18. The summed E-state index contributed by atoms with van der Waals surface area (Å²) in [5.74, 6) is 0.783. The Kier molecular flexibility index (Phi) is 7.44. The van der Waals surface area contributed by atoms with Crippen LogP contribution < -0.4 is 5.32 Å². The Morgan fingerprint density at radius 2 is 2.26 bits per heavy atom. The molecule has 23 heavy (non-hydrogen) atoms. The van der Waals surface area contributed by atoms with E-state index in [0.29, 0.717) is 19.6 Å². The highest BCUT2D eigenvalue weighted by Crippen LogP contribution is 2.20. The average molecular weight is 361 g/mol. The van der Waals surface area contributed by atoms with Crippen molar-refractivity contribution in [1.82, 2.24) is 20.4 Å². The molecule has 1 fully saturated rings. The topological polar surface area (TPSA) is 74.4 Å². The molecule has 0 saturated carbocycles. The van der Waals surface area contributed by atoms with Crippen molar-refractivity contribution in [2.75, 3.05) is 26.7 Å². The first-order valence-corrected chi connectivity index (χ1v) is 7.12. The maximum absolute atomic E-state index is 10.4. The zero-order valence-electron chi connectivity index (χ0n) is 12.9. The Morgan fingerprint density at radius 1 is 1.43 bits per heavy atom.